The Kier molecular flexibility index (Phi) is 2.75. The van der Waals surface area contributed by atoms with Gasteiger partial charge in [0.15, 0.2) is 0 Å². The summed E-state index contributed by atoms with van der Waals surface area (Å²) in [6, 6.07) is 2.03. The van der Waals surface area contributed by atoms with Crippen molar-refractivity contribution in [2.24, 2.45) is 11.1 Å². The third-order valence-corrected chi connectivity index (χ3v) is 5.86. The van der Waals surface area contributed by atoms with Crippen molar-refractivity contribution in [2.45, 2.75) is 49.1 Å². The highest BCUT2D eigenvalue weighted by molar-refractivity contribution is 7.89. The normalized spacial score (nSPS) is 28.3. The van der Waals surface area contributed by atoms with Gasteiger partial charge in [0.2, 0.25) is 10.0 Å². The number of aromatic nitrogens is 1. The summed E-state index contributed by atoms with van der Waals surface area (Å²) in [7, 11) is -3.77. The first kappa shape index (κ1) is 13.3. The summed E-state index contributed by atoms with van der Waals surface area (Å²) < 4.78 is 24.9. The number of rotatable bonds is 3. The maximum absolute atomic E-state index is 12.8. The van der Waals surface area contributed by atoms with Crippen LogP contribution in [-0.2, 0) is 10.0 Å². The number of nitrogens with two attached hydrogens (primary N) is 1. The quantitative estimate of drug-likeness (QED) is 0.907. The van der Waals surface area contributed by atoms with Gasteiger partial charge in [-0.2, -0.15) is 0 Å². The molecule has 0 spiro atoms. The van der Waals surface area contributed by atoms with E-state index in [1.165, 1.54) is 18.7 Å². The largest absolute Gasteiger partial charge is 0.339 e. The van der Waals surface area contributed by atoms with Crippen LogP contribution in [0, 0.1) is 5.92 Å². The van der Waals surface area contributed by atoms with Crippen LogP contribution >= 0.6 is 0 Å². The molecular weight excluding hydrogens is 290 g/mol. The molecule has 1 amide bonds. The lowest BCUT2D eigenvalue weighted by atomic mass is 10.1. The fraction of sp³-hybridized carbons (Fsp3) is 0.643. The minimum absolute atomic E-state index is 0.0380. The lowest BCUT2D eigenvalue weighted by Crippen LogP contribution is -2.38. The minimum atomic E-state index is -3.77. The van der Waals surface area contributed by atoms with E-state index in [4.69, 9.17) is 5.14 Å². The van der Waals surface area contributed by atoms with E-state index in [9.17, 15) is 13.2 Å². The van der Waals surface area contributed by atoms with Crippen molar-refractivity contribution in [3.8, 4) is 0 Å². The molecule has 2 bridgehead atoms. The lowest BCUT2D eigenvalue weighted by Gasteiger charge is -2.27. The SMILES string of the molecule is NS(=O)(=O)c1cc(C(=O)N2CC3CCC2C3)n(C2CC2)c1. The second-order valence-electron chi connectivity index (χ2n) is 6.53. The molecule has 3 aliphatic rings. The number of nitrogens with zero attached hydrogens (tertiary/aromatic N) is 2. The van der Waals surface area contributed by atoms with Gasteiger partial charge >= 0.3 is 0 Å². The van der Waals surface area contributed by atoms with Crippen LogP contribution in [0.25, 0.3) is 0 Å². The summed E-state index contributed by atoms with van der Waals surface area (Å²) >= 11 is 0. The summed E-state index contributed by atoms with van der Waals surface area (Å²) in [4.78, 5) is 14.8. The van der Waals surface area contributed by atoms with Crippen LogP contribution in [-0.4, -0.2) is 36.4 Å². The van der Waals surface area contributed by atoms with Crippen molar-refractivity contribution in [2.75, 3.05) is 6.54 Å². The van der Waals surface area contributed by atoms with E-state index in [0.29, 0.717) is 17.7 Å². The molecular formula is C14H19N3O3S. The van der Waals surface area contributed by atoms with Crippen LogP contribution in [0.5, 0.6) is 0 Å². The Balaban J connectivity index is 1.70. The predicted molar refractivity (Wildman–Crippen MR) is 76.2 cm³/mol. The third kappa shape index (κ3) is 2.19. The summed E-state index contributed by atoms with van der Waals surface area (Å²) in [6.45, 7) is 0.810. The second kappa shape index (κ2) is 4.33. The van der Waals surface area contributed by atoms with Crippen molar-refractivity contribution in [3.63, 3.8) is 0 Å². The highest BCUT2D eigenvalue weighted by atomic mass is 32.2. The fourth-order valence-electron chi connectivity index (χ4n) is 3.76. The summed E-state index contributed by atoms with van der Waals surface area (Å²) in [5.74, 6) is 0.588. The van der Waals surface area contributed by atoms with Crippen molar-refractivity contribution in [1.29, 1.82) is 0 Å². The van der Waals surface area contributed by atoms with E-state index in [1.54, 1.807) is 0 Å². The molecule has 2 atom stereocenters. The molecule has 0 radical (unpaired) electrons. The van der Waals surface area contributed by atoms with Crippen molar-refractivity contribution in [3.05, 3.63) is 18.0 Å². The average Bonchev–Trinajstić information content (AvgIpc) is 2.90. The maximum atomic E-state index is 12.8. The number of piperidine rings is 1. The number of likely N-dealkylation sites (tertiary alicyclic amines) is 1. The molecule has 2 aliphatic carbocycles. The van der Waals surface area contributed by atoms with Crippen LogP contribution in [0.3, 0.4) is 0 Å². The van der Waals surface area contributed by atoms with Crippen LogP contribution in [0.1, 0.15) is 48.6 Å². The standard InChI is InChI=1S/C14H19N3O3S/c15-21(19,20)12-6-13(16(8-12)10-3-4-10)14(18)17-7-9-1-2-11(17)5-9/h6,8-11H,1-5,7H2,(H2,15,19,20). The monoisotopic (exact) mass is 309 g/mol. The van der Waals surface area contributed by atoms with Gasteiger partial charge in [-0.3, -0.25) is 4.79 Å². The summed E-state index contributed by atoms with van der Waals surface area (Å²) in [5.41, 5.74) is 0.481. The molecule has 114 valence electrons. The zero-order valence-electron chi connectivity index (χ0n) is 11.7. The Labute approximate surface area is 124 Å². The molecule has 6 nitrogen and oxygen atoms in total. The highest BCUT2D eigenvalue weighted by Crippen LogP contribution is 2.40. The topological polar surface area (TPSA) is 85.4 Å². The Bertz CT molecular complexity index is 705. The van der Waals surface area contributed by atoms with E-state index in [1.807, 2.05) is 9.47 Å². The number of hydrogen-bond acceptors (Lipinski definition) is 3. The molecule has 2 heterocycles. The van der Waals surface area contributed by atoms with E-state index >= 15 is 0 Å². The number of fused-ring (bicyclic) bond motifs is 2. The number of primary sulfonamides is 1. The summed E-state index contributed by atoms with van der Waals surface area (Å²) in [5, 5.41) is 5.21. The minimum Gasteiger partial charge on any atom is -0.339 e. The van der Waals surface area contributed by atoms with Crippen LogP contribution in [0.4, 0.5) is 0 Å². The van der Waals surface area contributed by atoms with Crippen LogP contribution in [0.2, 0.25) is 0 Å². The van der Waals surface area contributed by atoms with E-state index < -0.39 is 10.0 Å². The average molecular weight is 309 g/mol. The molecule has 2 saturated carbocycles. The molecule has 1 saturated heterocycles. The molecule has 1 aromatic heterocycles. The first-order valence-electron chi connectivity index (χ1n) is 7.49. The van der Waals surface area contributed by atoms with Crippen molar-refractivity contribution < 1.29 is 13.2 Å². The Hall–Kier alpha value is -1.34. The Morgan fingerprint density at radius 2 is 1.90 bits per heavy atom. The van der Waals surface area contributed by atoms with E-state index in [2.05, 4.69) is 0 Å². The number of carbonyl (C=O) groups is 1. The zero-order chi connectivity index (χ0) is 14.8. The molecule has 0 aromatic carbocycles. The first-order valence-corrected chi connectivity index (χ1v) is 9.04. The molecule has 3 fully saturated rings. The molecule has 4 rings (SSSR count). The lowest BCUT2D eigenvalue weighted by molar-refractivity contribution is 0.0692. The fourth-order valence-corrected chi connectivity index (χ4v) is 4.29. The molecule has 21 heavy (non-hydrogen) atoms. The second-order valence-corrected chi connectivity index (χ2v) is 8.10. The first-order chi connectivity index (χ1) is 9.93. The number of sulfonamides is 1. The highest BCUT2D eigenvalue weighted by Gasteiger charge is 2.42. The van der Waals surface area contributed by atoms with Gasteiger partial charge in [-0.25, -0.2) is 13.6 Å². The van der Waals surface area contributed by atoms with Crippen LogP contribution in [0.15, 0.2) is 17.2 Å². The van der Waals surface area contributed by atoms with Gasteiger partial charge in [0.1, 0.15) is 10.6 Å². The number of amides is 1. The Morgan fingerprint density at radius 3 is 2.43 bits per heavy atom. The molecule has 7 heteroatoms. The predicted octanol–water partition coefficient (Wildman–Crippen LogP) is 1.09. The zero-order valence-corrected chi connectivity index (χ0v) is 12.6. The van der Waals surface area contributed by atoms with Gasteiger partial charge in [-0.15, -0.1) is 0 Å². The summed E-state index contributed by atoms with van der Waals surface area (Å²) in [6.07, 6.45) is 6.88. The maximum Gasteiger partial charge on any atom is 0.270 e. The molecule has 1 aliphatic heterocycles. The van der Waals surface area contributed by atoms with Gasteiger partial charge < -0.3 is 9.47 Å². The molecule has 2 unspecified atom stereocenters. The van der Waals surface area contributed by atoms with E-state index in [0.717, 1.165) is 32.2 Å². The van der Waals surface area contributed by atoms with Crippen molar-refractivity contribution in [1.82, 2.24) is 9.47 Å². The van der Waals surface area contributed by atoms with Gasteiger partial charge in [0.25, 0.3) is 5.91 Å². The van der Waals surface area contributed by atoms with Gasteiger partial charge in [-0.1, -0.05) is 0 Å². The van der Waals surface area contributed by atoms with E-state index in [-0.39, 0.29) is 16.8 Å². The third-order valence-electron chi connectivity index (χ3n) is 4.98. The molecule has 2 N–H and O–H groups in total. The Morgan fingerprint density at radius 1 is 1.19 bits per heavy atom. The molecule has 1 aromatic rings. The van der Waals surface area contributed by atoms with Crippen LogP contribution < -0.4 is 5.14 Å². The van der Waals surface area contributed by atoms with Gasteiger partial charge in [0.05, 0.1) is 0 Å². The van der Waals surface area contributed by atoms with Gasteiger partial charge in [0, 0.05) is 24.8 Å². The van der Waals surface area contributed by atoms with Gasteiger partial charge in [-0.05, 0) is 44.1 Å². The number of carbonyl (C=O) groups excluding carboxylic acids is 1. The van der Waals surface area contributed by atoms with Crippen molar-refractivity contribution >= 4 is 15.9 Å². The number of hydrogen-bond donors (Lipinski definition) is 1. The smallest absolute Gasteiger partial charge is 0.270 e.